The molecule has 1 N–H and O–H groups in total. The van der Waals surface area contributed by atoms with E-state index in [4.69, 9.17) is 4.99 Å². The molecule has 0 aliphatic rings. The first-order valence-electron chi connectivity index (χ1n) is 9.23. The van der Waals surface area contributed by atoms with E-state index in [1.54, 1.807) is 0 Å². The van der Waals surface area contributed by atoms with E-state index >= 15 is 0 Å². The van der Waals surface area contributed by atoms with Gasteiger partial charge in [0.15, 0.2) is 0 Å². The van der Waals surface area contributed by atoms with Gasteiger partial charge in [-0.1, -0.05) is 52.0 Å². The minimum atomic E-state index is 0.816. The van der Waals surface area contributed by atoms with Gasteiger partial charge in [0.2, 0.25) is 0 Å². The third-order valence-corrected chi connectivity index (χ3v) is 4.32. The molecule has 1 aromatic rings. The number of unbranched alkanes of at least 4 members (excludes halogenated alkanes) is 3. The molecule has 3 nitrogen and oxygen atoms in total. The standard InChI is InChI=1S/C22H33N3/c1-8-11-12-13-14-20(9-2)18(6)24-19(7)25-22-17(5)16(4)15-23-21(22)10-3/h9,14-15H,2,6,8,10-13H2,1,3-5,7H3,(H,24,25)/b20-14+. The summed E-state index contributed by atoms with van der Waals surface area (Å²) in [6, 6.07) is 0. The third-order valence-electron chi connectivity index (χ3n) is 4.32. The molecular weight excluding hydrogens is 306 g/mol. The van der Waals surface area contributed by atoms with Gasteiger partial charge in [0.1, 0.15) is 5.84 Å². The lowest BCUT2D eigenvalue weighted by molar-refractivity contribution is 0.728. The lowest BCUT2D eigenvalue weighted by Gasteiger charge is -2.13. The molecule has 0 radical (unpaired) electrons. The average molecular weight is 340 g/mol. The molecule has 3 heteroatoms. The lowest BCUT2D eigenvalue weighted by Crippen LogP contribution is -2.20. The minimum absolute atomic E-state index is 0.816. The van der Waals surface area contributed by atoms with E-state index in [9.17, 15) is 0 Å². The zero-order valence-electron chi connectivity index (χ0n) is 16.6. The summed E-state index contributed by atoms with van der Waals surface area (Å²) in [6.45, 7) is 18.5. The molecule has 0 saturated heterocycles. The highest BCUT2D eigenvalue weighted by molar-refractivity contribution is 5.85. The van der Waals surface area contributed by atoms with Gasteiger partial charge in [-0.05, 0) is 56.7 Å². The first kappa shape index (κ1) is 20.9. The maximum absolute atomic E-state index is 4.78. The SMILES string of the molecule is C=C/C(=C\CCCCC)C(=C)NC(C)=Nc1c(CC)ncc(C)c1C. The van der Waals surface area contributed by atoms with Crippen LogP contribution in [0.5, 0.6) is 0 Å². The highest BCUT2D eigenvalue weighted by Gasteiger charge is 2.08. The molecule has 0 saturated carbocycles. The normalized spacial score (nSPS) is 12.2. The Kier molecular flexibility index (Phi) is 8.90. The van der Waals surface area contributed by atoms with Crippen molar-refractivity contribution in [3.63, 3.8) is 0 Å². The van der Waals surface area contributed by atoms with Crippen LogP contribution in [0.25, 0.3) is 0 Å². The van der Waals surface area contributed by atoms with Crippen LogP contribution in [0.4, 0.5) is 5.69 Å². The molecule has 1 heterocycles. The first-order chi connectivity index (χ1) is 11.9. The number of nitrogens with zero attached hydrogens (tertiary/aromatic N) is 2. The predicted molar refractivity (Wildman–Crippen MR) is 111 cm³/mol. The largest absolute Gasteiger partial charge is 0.344 e. The Balaban J connectivity index is 2.92. The van der Waals surface area contributed by atoms with E-state index in [2.05, 4.69) is 57.2 Å². The number of nitrogens with one attached hydrogen (secondary N) is 1. The molecule has 0 amide bonds. The molecule has 0 atom stereocenters. The van der Waals surface area contributed by atoms with Crippen molar-refractivity contribution in [2.24, 2.45) is 4.99 Å². The summed E-state index contributed by atoms with van der Waals surface area (Å²) in [5.41, 5.74) is 6.20. The van der Waals surface area contributed by atoms with Gasteiger partial charge >= 0.3 is 0 Å². The van der Waals surface area contributed by atoms with Crippen LogP contribution in [0, 0.1) is 13.8 Å². The molecule has 1 rings (SSSR count). The Hall–Kier alpha value is -2.16. The molecule has 0 unspecified atom stereocenters. The zero-order chi connectivity index (χ0) is 18.8. The number of amidine groups is 1. The molecule has 0 fully saturated rings. The van der Waals surface area contributed by atoms with E-state index in [0.717, 1.165) is 46.9 Å². The number of aryl methyl sites for hydroxylation is 2. The van der Waals surface area contributed by atoms with Gasteiger partial charge in [-0.15, -0.1) is 0 Å². The monoisotopic (exact) mass is 339 g/mol. The Labute approximate surface area is 153 Å². The van der Waals surface area contributed by atoms with Crippen LogP contribution in [0.15, 0.2) is 47.8 Å². The van der Waals surface area contributed by atoms with Crippen molar-refractivity contribution in [3.05, 3.63) is 59.6 Å². The number of allylic oxidation sites excluding steroid dienone is 2. The summed E-state index contributed by atoms with van der Waals surface area (Å²) >= 11 is 0. The van der Waals surface area contributed by atoms with E-state index in [-0.39, 0.29) is 0 Å². The zero-order valence-corrected chi connectivity index (χ0v) is 16.6. The summed E-state index contributed by atoms with van der Waals surface area (Å²) in [5, 5.41) is 3.31. The van der Waals surface area contributed by atoms with Crippen LogP contribution in [-0.4, -0.2) is 10.8 Å². The van der Waals surface area contributed by atoms with Crippen molar-refractivity contribution in [1.82, 2.24) is 10.3 Å². The number of hydrogen-bond donors (Lipinski definition) is 1. The van der Waals surface area contributed by atoms with Gasteiger partial charge in [-0.3, -0.25) is 4.98 Å². The Morgan fingerprint density at radius 2 is 2.00 bits per heavy atom. The van der Waals surface area contributed by atoms with Crippen LogP contribution in [0.2, 0.25) is 0 Å². The van der Waals surface area contributed by atoms with Crippen LogP contribution in [0.1, 0.15) is 63.3 Å². The molecule has 0 aliphatic carbocycles. The van der Waals surface area contributed by atoms with Crippen molar-refractivity contribution < 1.29 is 0 Å². The number of rotatable bonds is 9. The minimum Gasteiger partial charge on any atom is -0.344 e. The van der Waals surface area contributed by atoms with Gasteiger partial charge in [-0.2, -0.15) is 0 Å². The van der Waals surface area contributed by atoms with Gasteiger partial charge in [0, 0.05) is 11.9 Å². The van der Waals surface area contributed by atoms with Crippen molar-refractivity contribution in [2.75, 3.05) is 0 Å². The molecule has 0 aliphatic heterocycles. The van der Waals surface area contributed by atoms with Crippen molar-refractivity contribution in [2.45, 2.75) is 66.7 Å². The van der Waals surface area contributed by atoms with Gasteiger partial charge in [0.05, 0.1) is 11.4 Å². The van der Waals surface area contributed by atoms with E-state index in [1.165, 1.54) is 24.8 Å². The summed E-state index contributed by atoms with van der Waals surface area (Å²) < 4.78 is 0. The molecule has 25 heavy (non-hydrogen) atoms. The van der Waals surface area contributed by atoms with E-state index in [1.807, 2.05) is 19.2 Å². The van der Waals surface area contributed by atoms with Gasteiger partial charge < -0.3 is 5.32 Å². The molecule has 136 valence electrons. The summed E-state index contributed by atoms with van der Waals surface area (Å²) in [4.78, 5) is 9.29. The van der Waals surface area contributed by atoms with Crippen LogP contribution >= 0.6 is 0 Å². The Bertz CT molecular complexity index is 666. The smallest absolute Gasteiger partial charge is 0.104 e. The third kappa shape index (κ3) is 6.33. The number of hydrogen-bond acceptors (Lipinski definition) is 2. The lowest BCUT2D eigenvalue weighted by atomic mass is 10.1. The second kappa shape index (κ2) is 10.7. The highest BCUT2D eigenvalue weighted by Crippen LogP contribution is 2.25. The number of aromatic nitrogens is 1. The molecule has 0 bridgehead atoms. The molecule has 1 aromatic heterocycles. The van der Waals surface area contributed by atoms with Gasteiger partial charge in [0.25, 0.3) is 0 Å². The maximum Gasteiger partial charge on any atom is 0.104 e. The van der Waals surface area contributed by atoms with Crippen molar-refractivity contribution in [3.8, 4) is 0 Å². The molecular formula is C22H33N3. The Morgan fingerprint density at radius 1 is 1.28 bits per heavy atom. The van der Waals surface area contributed by atoms with Crippen molar-refractivity contribution >= 4 is 11.5 Å². The van der Waals surface area contributed by atoms with Crippen LogP contribution in [0.3, 0.4) is 0 Å². The highest BCUT2D eigenvalue weighted by atomic mass is 15.0. The molecule has 0 spiro atoms. The quantitative estimate of drug-likeness (QED) is 0.255. The number of aliphatic imine (C=N–C) groups is 1. The second-order valence-electron chi connectivity index (χ2n) is 6.38. The maximum atomic E-state index is 4.78. The van der Waals surface area contributed by atoms with E-state index in [0.29, 0.717) is 0 Å². The van der Waals surface area contributed by atoms with E-state index < -0.39 is 0 Å². The van der Waals surface area contributed by atoms with Crippen LogP contribution < -0.4 is 5.32 Å². The summed E-state index contributed by atoms with van der Waals surface area (Å²) in [5.74, 6) is 0.816. The first-order valence-corrected chi connectivity index (χ1v) is 9.23. The topological polar surface area (TPSA) is 37.3 Å². The fraction of sp³-hybridized carbons (Fsp3) is 0.455. The Morgan fingerprint density at radius 3 is 2.60 bits per heavy atom. The fourth-order valence-corrected chi connectivity index (χ4v) is 2.61. The second-order valence-corrected chi connectivity index (χ2v) is 6.38. The van der Waals surface area contributed by atoms with Crippen LogP contribution in [-0.2, 0) is 6.42 Å². The average Bonchev–Trinajstić information content (AvgIpc) is 2.59. The summed E-state index contributed by atoms with van der Waals surface area (Å²) in [7, 11) is 0. The van der Waals surface area contributed by atoms with Crippen molar-refractivity contribution in [1.29, 1.82) is 0 Å². The fourth-order valence-electron chi connectivity index (χ4n) is 2.61. The summed E-state index contributed by atoms with van der Waals surface area (Å²) in [6.07, 6.45) is 11.6. The number of pyridine rings is 1. The van der Waals surface area contributed by atoms with Gasteiger partial charge in [-0.25, -0.2) is 4.99 Å². The molecule has 0 aromatic carbocycles. The predicted octanol–water partition coefficient (Wildman–Crippen LogP) is 6.11.